The Bertz CT molecular complexity index is 796. The lowest BCUT2D eigenvalue weighted by Crippen LogP contribution is -2.34. The molecule has 0 aromatic heterocycles. The van der Waals surface area contributed by atoms with Gasteiger partial charge in [0.2, 0.25) is 5.91 Å². The Kier molecular flexibility index (Phi) is 8.94. The van der Waals surface area contributed by atoms with Gasteiger partial charge in [0.25, 0.3) is 0 Å². The zero-order chi connectivity index (χ0) is 20.2. The van der Waals surface area contributed by atoms with Crippen LogP contribution in [-0.2, 0) is 20.9 Å². The third kappa shape index (κ3) is 7.75. The molecule has 2 aromatic rings. The Hall–Kier alpha value is -2.93. The Balaban J connectivity index is 1.83. The van der Waals surface area contributed by atoms with Crippen molar-refractivity contribution in [2.45, 2.75) is 32.8 Å². The Morgan fingerprint density at radius 3 is 2.46 bits per heavy atom. The van der Waals surface area contributed by atoms with Gasteiger partial charge in [-0.2, -0.15) is 0 Å². The summed E-state index contributed by atoms with van der Waals surface area (Å²) >= 11 is 5.18. The van der Waals surface area contributed by atoms with Gasteiger partial charge in [0, 0.05) is 6.42 Å². The second-order valence-electron chi connectivity index (χ2n) is 5.99. The first-order valence-electron chi connectivity index (χ1n) is 9.10. The van der Waals surface area contributed by atoms with Crippen LogP contribution in [0.1, 0.15) is 31.7 Å². The van der Waals surface area contributed by atoms with Crippen molar-refractivity contribution >= 4 is 34.9 Å². The van der Waals surface area contributed by atoms with Crippen molar-refractivity contribution in [3.63, 3.8) is 0 Å². The number of nitrogens with one attached hydrogen (secondary N) is 2. The van der Waals surface area contributed by atoms with Gasteiger partial charge in [0.05, 0.1) is 18.7 Å². The number of hydrogen-bond donors (Lipinski definition) is 2. The number of amides is 1. The van der Waals surface area contributed by atoms with Crippen molar-refractivity contribution in [2.75, 3.05) is 11.9 Å². The molecule has 0 aliphatic carbocycles. The smallest absolute Gasteiger partial charge is 0.306 e. The molecule has 0 saturated carbocycles. The van der Waals surface area contributed by atoms with Crippen LogP contribution >= 0.6 is 12.2 Å². The molecule has 2 rings (SSSR count). The number of benzene rings is 2. The molecule has 1 amide bonds. The number of thiocarbonyl (C=S) groups is 1. The van der Waals surface area contributed by atoms with Gasteiger partial charge < -0.3 is 20.1 Å². The Morgan fingerprint density at radius 2 is 1.71 bits per heavy atom. The fraction of sp³-hybridized carbons (Fsp3) is 0.286. The highest BCUT2D eigenvalue weighted by molar-refractivity contribution is 7.80. The maximum absolute atomic E-state index is 11.9. The third-order valence-corrected chi connectivity index (χ3v) is 3.85. The van der Waals surface area contributed by atoms with Crippen LogP contribution in [0, 0.1) is 0 Å². The van der Waals surface area contributed by atoms with Crippen LogP contribution in [0.15, 0.2) is 54.6 Å². The maximum atomic E-state index is 11.9. The average molecular weight is 401 g/mol. The summed E-state index contributed by atoms with van der Waals surface area (Å²) in [5.41, 5.74) is 1.69. The summed E-state index contributed by atoms with van der Waals surface area (Å²) in [6, 6.07) is 17.1. The predicted molar refractivity (Wildman–Crippen MR) is 112 cm³/mol. The monoisotopic (exact) mass is 400 g/mol. The van der Waals surface area contributed by atoms with Gasteiger partial charge in [0.15, 0.2) is 5.11 Å². The molecule has 0 saturated heterocycles. The highest BCUT2D eigenvalue weighted by atomic mass is 32.1. The largest absolute Gasteiger partial charge is 0.487 e. The normalized spacial score (nSPS) is 10.0. The van der Waals surface area contributed by atoms with E-state index in [9.17, 15) is 9.59 Å². The van der Waals surface area contributed by atoms with Crippen molar-refractivity contribution < 1.29 is 19.1 Å². The molecular formula is C21H24N2O4S. The summed E-state index contributed by atoms with van der Waals surface area (Å²) in [6.07, 6.45) is 0.777. The van der Waals surface area contributed by atoms with Crippen LogP contribution < -0.4 is 15.4 Å². The first kappa shape index (κ1) is 21.4. The number of ether oxygens (including phenoxy) is 2. The zero-order valence-electron chi connectivity index (χ0n) is 15.8. The van der Waals surface area contributed by atoms with E-state index in [-0.39, 0.29) is 23.9 Å². The minimum atomic E-state index is -0.393. The summed E-state index contributed by atoms with van der Waals surface area (Å²) in [7, 11) is 0. The van der Waals surface area contributed by atoms with E-state index in [2.05, 4.69) is 10.6 Å². The second-order valence-corrected chi connectivity index (χ2v) is 6.40. The molecule has 0 unspecified atom stereocenters. The molecule has 0 spiro atoms. The Morgan fingerprint density at radius 1 is 1.00 bits per heavy atom. The lowest BCUT2D eigenvalue weighted by molar-refractivity contribution is -0.144. The minimum Gasteiger partial charge on any atom is -0.487 e. The summed E-state index contributed by atoms with van der Waals surface area (Å²) in [5.74, 6) is -0.129. The molecule has 0 bridgehead atoms. The number of rotatable bonds is 9. The van der Waals surface area contributed by atoms with E-state index in [1.807, 2.05) is 55.5 Å². The molecule has 7 heteroatoms. The summed E-state index contributed by atoms with van der Waals surface area (Å²) in [4.78, 5) is 23.4. The fourth-order valence-corrected chi connectivity index (χ4v) is 2.50. The van der Waals surface area contributed by atoms with Crippen LogP contribution in [0.25, 0.3) is 0 Å². The van der Waals surface area contributed by atoms with E-state index in [1.165, 1.54) is 0 Å². The number of carbonyl (C=O) groups excluding carboxylic acids is 2. The molecule has 28 heavy (non-hydrogen) atoms. The first-order chi connectivity index (χ1) is 13.6. The molecule has 0 atom stereocenters. The van der Waals surface area contributed by atoms with Crippen molar-refractivity contribution in [3.8, 4) is 5.75 Å². The molecule has 6 nitrogen and oxygen atoms in total. The van der Waals surface area contributed by atoms with Crippen LogP contribution in [0.5, 0.6) is 5.75 Å². The summed E-state index contributed by atoms with van der Waals surface area (Å²) in [6.45, 7) is 2.68. The van der Waals surface area contributed by atoms with Gasteiger partial charge in [0.1, 0.15) is 12.4 Å². The number of carbonyl (C=O) groups is 2. The predicted octanol–water partition coefficient (Wildman–Crippen LogP) is 3.81. The molecule has 0 heterocycles. The maximum Gasteiger partial charge on any atom is 0.306 e. The molecule has 2 N–H and O–H groups in total. The van der Waals surface area contributed by atoms with E-state index in [4.69, 9.17) is 21.7 Å². The molecule has 0 aliphatic rings. The molecule has 2 aromatic carbocycles. The van der Waals surface area contributed by atoms with Gasteiger partial charge in [-0.05, 0) is 36.3 Å². The highest BCUT2D eigenvalue weighted by Crippen LogP contribution is 2.24. The lowest BCUT2D eigenvalue weighted by Gasteiger charge is -2.14. The van der Waals surface area contributed by atoms with Gasteiger partial charge in [-0.3, -0.25) is 9.59 Å². The summed E-state index contributed by atoms with van der Waals surface area (Å²) in [5, 5.41) is 5.66. The standard InChI is InChI=1S/C21H24N2O4S/c1-2-14-26-20(25)13-12-19(24)23-21(28)22-17-10-6-7-11-18(17)27-15-16-8-4-3-5-9-16/h3-11H,2,12-15H2,1H3,(H2,22,23,24,28). The molecule has 0 fully saturated rings. The van der Waals surface area contributed by atoms with E-state index in [0.717, 1.165) is 12.0 Å². The number of hydrogen-bond acceptors (Lipinski definition) is 5. The van der Waals surface area contributed by atoms with Crippen LogP contribution in [0.4, 0.5) is 5.69 Å². The summed E-state index contributed by atoms with van der Waals surface area (Å²) < 4.78 is 10.8. The zero-order valence-corrected chi connectivity index (χ0v) is 16.6. The van der Waals surface area contributed by atoms with E-state index in [1.54, 1.807) is 6.07 Å². The topological polar surface area (TPSA) is 76.7 Å². The van der Waals surface area contributed by atoms with Gasteiger partial charge in [-0.1, -0.05) is 49.4 Å². The van der Waals surface area contributed by atoms with Gasteiger partial charge in [-0.15, -0.1) is 0 Å². The van der Waals surface area contributed by atoms with E-state index < -0.39 is 5.97 Å². The molecule has 0 radical (unpaired) electrons. The average Bonchev–Trinajstić information content (AvgIpc) is 2.70. The van der Waals surface area contributed by atoms with E-state index >= 15 is 0 Å². The number of anilines is 1. The van der Waals surface area contributed by atoms with E-state index in [0.29, 0.717) is 24.7 Å². The highest BCUT2D eigenvalue weighted by Gasteiger charge is 2.11. The SMILES string of the molecule is CCCOC(=O)CCC(=O)NC(=S)Nc1ccccc1OCc1ccccc1. The Labute approximate surface area is 170 Å². The van der Waals surface area contributed by atoms with Crippen LogP contribution in [0.2, 0.25) is 0 Å². The number of para-hydroxylation sites is 2. The molecular weight excluding hydrogens is 376 g/mol. The number of esters is 1. The van der Waals surface area contributed by atoms with Gasteiger partial charge >= 0.3 is 5.97 Å². The van der Waals surface area contributed by atoms with Crippen molar-refractivity contribution in [2.24, 2.45) is 0 Å². The van der Waals surface area contributed by atoms with Crippen molar-refractivity contribution in [1.82, 2.24) is 5.32 Å². The first-order valence-corrected chi connectivity index (χ1v) is 9.51. The van der Waals surface area contributed by atoms with Crippen molar-refractivity contribution in [3.05, 3.63) is 60.2 Å². The quantitative estimate of drug-likeness (QED) is 0.492. The lowest BCUT2D eigenvalue weighted by atomic mass is 10.2. The molecule has 0 aliphatic heterocycles. The van der Waals surface area contributed by atoms with Gasteiger partial charge in [-0.25, -0.2) is 0 Å². The second kappa shape index (κ2) is 11.7. The van der Waals surface area contributed by atoms with Crippen molar-refractivity contribution in [1.29, 1.82) is 0 Å². The third-order valence-electron chi connectivity index (χ3n) is 3.65. The van der Waals surface area contributed by atoms with Crippen LogP contribution in [-0.4, -0.2) is 23.6 Å². The molecule has 148 valence electrons. The minimum absolute atomic E-state index is 0.0104. The fourth-order valence-electron chi connectivity index (χ4n) is 2.28. The van der Waals surface area contributed by atoms with Crippen LogP contribution in [0.3, 0.4) is 0 Å².